The van der Waals surface area contributed by atoms with Crippen LogP contribution in [0.4, 0.5) is 10.1 Å². The second-order valence-electron chi connectivity index (χ2n) is 9.43. The number of aryl methyl sites for hydroxylation is 2. The predicted molar refractivity (Wildman–Crippen MR) is 131 cm³/mol. The van der Waals surface area contributed by atoms with Crippen LogP contribution in [0, 0.1) is 6.92 Å². The lowest BCUT2D eigenvalue weighted by molar-refractivity contribution is -0.134. The topological polar surface area (TPSA) is 120 Å². The molecule has 5 heterocycles. The number of anilines is 1. The number of imidazole rings is 1. The second kappa shape index (κ2) is 8.10. The van der Waals surface area contributed by atoms with Gasteiger partial charge in [0.15, 0.2) is 11.3 Å². The van der Waals surface area contributed by atoms with Crippen molar-refractivity contribution >= 4 is 22.8 Å². The van der Waals surface area contributed by atoms with E-state index in [2.05, 4.69) is 30.6 Å². The summed E-state index contributed by atoms with van der Waals surface area (Å²) in [5.41, 5.74) is 2.37. The van der Waals surface area contributed by atoms with Crippen LogP contribution >= 0.6 is 0 Å². The molecule has 2 N–H and O–H groups in total. The first kappa shape index (κ1) is 22.6. The Labute approximate surface area is 206 Å². The molecule has 6 rings (SSSR count). The molecular formula is C25H25FN8O2. The van der Waals surface area contributed by atoms with Crippen LogP contribution in [0.3, 0.4) is 0 Å². The summed E-state index contributed by atoms with van der Waals surface area (Å²) in [7, 11) is 0. The van der Waals surface area contributed by atoms with Gasteiger partial charge in [0.25, 0.3) is 0 Å². The van der Waals surface area contributed by atoms with Crippen molar-refractivity contribution in [1.29, 1.82) is 0 Å². The molecule has 4 aromatic rings. The van der Waals surface area contributed by atoms with Crippen LogP contribution in [-0.2, 0) is 21.6 Å². The van der Waals surface area contributed by atoms with Gasteiger partial charge in [-0.15, -0.1) is 0 Å². The van der Waals surface area contributed by atoms with Crippen LogP contribution in [0.5, 0.6) is 0 Å². The number of benzene rings is 1. The number of alkyl halides is 1. The summed E-state index contributed by atoms with van der Waals surface area (Å²) in [5, 5.41) is 6.04. The number of carbonyl (C=O) groups is 1. The van der Waals surface area contributed by atoms with Gasteiger partial charge in [0.05, 0.1) is 18.8 Å². The molecule has 0 unspecified atom stereocenters. The molecule has 2 aliphatic rings. The van der Waals surface area contributed by atoms with E-state index in [-0.39, 0.29) is 25.7 Å². The molecule has 3 aromatic heterocycles. The number of amides is 1. The largest absolute Gasteiger partial charge is 0.375 e. The molecule has 0 spiro atoms. The van der Waals surface area contributed by atoms with Crippen LogP contribution in [0.25, 0.3) is 33.8 Å². The molecule has 0 bridgehead atoms. The second-order valence-corrected chi connectivity index (χ2v) is 9.43. The smallest absolute Gasteiger partial charge is 0.249 e. The number of ether oxygens (including phenoxy) is 1. The molecule has 184 valence electrons. The quantitative estimate of drug-likeness (QED) is 0.425. The summed E-state index contributed by atoms with van der Waals surface area (Å²) >= 11 is 0. The van der Waals surface area contributed by atoms with Crippen molar-refractivity contribution in [2.75, 3.05) is 25.1 Å². The highest BCUT2D eigenvalue weighted by Gasteiger charge is 2.46. The third-order valence-corrected chi connectivity index (χ3v) is 6.90. The molecule has 0 saturated carbocycles. The fraction of sp³-hybridized carbons (Fsp3) is 0.360. The monoisotopic (exact) mass is 488 g/mol. The molecule has 11 heteroatoms. The first-order valence-corrected chi connectivity index (χ1v) is 11.8. The Balaban J connectivity index is 1.44. The van der Waals surface area contributed by atoms with E-state index in [9.17, 15) is 9.18 Å². The normalized spacial score (nSPS) is 20.3. The molecule has 0 aliphatic carbocycles. The van der Waals surface area contributed by atoms with Gasteiger partial charge in [0, 0.05) is 42.3 Å². The first-order valence-electron chi connectivity index (χ1n) is 11.8. The molecule has 1 aromatic carbocycles. The van der Waals surface area contributed by atoms with Crippen molar-refractivity contribution in [3.8, 4) is 22.6 Å². The number of aromatic nitrogens is 6. The highest BCUT2D eigenvalue weighted by Crippen LogP contribution is 2.40. The van der Waals surface area contributed by atoms with Crippen molar-refractivity contribution < 1.29 is 13.9 Å². The van der Waals surface area contributed by atoms with E-state index in [0.717, 1.165) is 16.7 Å². The van der Waals surface area contributed by atoms with Gasteiger partial charge in [-0.25, -0.2) is 29.3 Å². The molecule has 10 nitrogen and oxygen atoms in total. The van der Waals surface area contributed by atoms with Gasteiger partial charge in [-0.1, -0.05) is 6.07 Å². The van der Waals surface area contributed by atoms with E-state index >= 15 is 0 Å². The van der Waals surface area contributed by atoms with Gasteiger partial charge in [-0.2, -0.15) is 0 Å². The summed E-state index contributed by atoms with van der Waals surface area (Å²) in [5.74, 6) is 1.15. The number of rotatable bonds is 6. The molecule has 1 saturated heterocycles. The SMILES string of the molecule is CCn1c(-c2cnc(C)nc2)nc2c(-c3ccc4c(c3)[C@](C)(NCC3(F)COC3)C(=O)N4)ncnc21. The van der Waals surface area contributed by atoms with Crippen LogP contribution in [0.2, 0.25) is 0 Å². The van der Waals surface area contributed by atoms with E-state index in [1.165, 1.54) is 6.33 Å². The average Bonchev–Trinajstić information content (AvgIpc) is 3.36. The van der Waals surface area contributed by atoms with E-state index < -0.39 is 11.2 Å². The molecule has 1 fully saturated rings. The van der Waals surface area contributed by atoms with Crippen molar-refractivity contribution in [3.05, 3.63) is 48.3 Å². The van der Waals surface area contributed by atoms with Crippen LogP contribution < -0.4 is 10.6 Å². The lowest BCUT2D eigenvalue weighted by Crippen LogP contribution is -2.57. The minimum atomic E-state index is -1.47. The Bertz CT molecular complexity index is 1500. The van der Waals surface area contributed by atoms with Crippen LogP contribution in [0.15, 0.2) is 36.9 Å². The number of carbonyl (C=O) groups excluding carboxylic acids is 1. The molecule has 1 atom stereocenters. The molecule has 1 amide bonds. The van der Waals surface area contributed by atoms with Gasteiger partial charge in [0.2, 0.25) is 5.91 Å². The first-order chi connectivity index (χ1) is 17.3. The third kappa shape index (κ3) is 3.46. The molecule has 0 radical (unpaired) electrons. The molecule has 2 aliphatic heterocycles. The fourth-order valence-electron chi connectivity index (χ4n) is 4.70. The van der Waals surface area contributed by atoms with Crippen LogP contribution in [0.1, 0.15) is 25.2 Å². The maximum absolute atomic E-state index is 14.6. The Kier molecular flexibility index (Phi) is 5.09. The number of hydrogen-bond acceptors (Lipinski definition) is 8. The number of nitrogens with zero attached hydrogens (tertiary/aromatic N) is 6. The number of hydrogen-bond donors (Lipinski definition) is 2. The zero-order chi connectivity index (χ0) is 25.1. The zero-order valence-electron chi connectivity index (χ0n) is 20.2. The van der Waals surface area contributed by atoms with Gasteiger partial charge < -0.3 is 14.6 Å². The minimum absolute atomic E-state index is 0.0151. The standard InChI is InChI=1S/C25H25FN8O2/c1-4-34-21(16-8-27-14(2)28-9-16)33-20-19(29-13-30-22(20)34)15-5-6-18-17(7-15)24(3,23(35)32-18)31-10-25(26)11-36-12-25/h5-9,13,31H,4,10-12H2,1-3H3,(H,32,35)/t24-/m0/s1. The minimum Gasteiger partial charge on any atom is -0.375 e. The van der Waals surface area contributed by atoms with E-state index in [4.69, 9.17) is 9.72 Å². The van der Waals surface area contributed by atoms with Gasteiger partial charge in [-0.3, -0.25) is 10.1 Å². The Morgan fingerprint density at radius 1 is 1.17 bits per heavy atom. The summed E-state index contributed by atoms with van der Waals surface area (Å²) < 4.78 is 21.6. The van der Waals surface area contributed by atoms with Crippen molar-refractivity contribution in [3.63, 3.8) is 0 Å². The zero-order valence-corrected chi connectivity index (χ0v) is 20.2. The average molecular weight is 489 g/mol. The Morgan fingerprint density at radius 2 is 1.94 bits per heavy atom. The number of nitrogens with one attached hydrogen (secondary N) is 2. The third-order valence-electron chi connectivity index (χ3n) is 6.90. The highest BCUT2D eigenvalue weighted by atomic mass is 19.1. The highest BCUT2D eigenvalue weighted by molar-refractivity contribution is 6.06. The fourth-order valence-corrected chi connectivity index (χ4v) is 4.70. The number of halogens is 1. The maximum atomic E-state index is 14.6. The van der Waals surface area contributed by atoms with Crippen molar-refractivity contribution in [2.45, 2.75) is 38.5 Å². The lowest BCUT2D eigenvalue weighted by Gasteiger charge is -2.36. The van der Waals surface area contributed by atoms with E-state index in [1.807, 2.05) is 36.6 Å². The van der Waals surface area contributed by atoms with E-state index in [1.54, 1.807) is 19.3 Å². The van der Waals surface area contributed by atoms with Crippen molar-refractivity contribution in [2.24, 2.45) is 0 Å². The Hall–Kier alpha value is -3.83. The molecule has 36 heavy (non-hydrogen) atoms. The van der Waals surface area contributed by atoms with E-state index in [0.29, 0.717) is 40.7 Å². The summed E-state index contributed by atoms with van der Waals surface area (Å²) in [4.78, 5) is 35.5. The van der Waals surface area contributed by atoms with Gasteiger partial charge in [-0.05, 0) is 32.9 Å². The van der Waals surface area contributed by atoms with Gasteiger partial charge >= 0.3 is 0 Å². The van der Waals surface area contributed by atoms with Crippen LogP contribution in [-0.4, -0.2) is 60.8 Å². The maximum Gasteiger partial charge on any atom is 0.249 e. The predicted octanol–water partition coefficient (Wildman–Crippen LogP) is 2.77. The molecular weight excluding hydrogens is 463 g/mol. The number of fused-ring (bicyclic) bond motifs is 2. The lowest BCUT2D eigenvalue weighted by atomic mass is 9.90. The van der Waals surface area contributed by atoms with Gasteiger partial charge in [0.1, 0.15) is 34.7 Å². The summed E-state index contributed by atoms with van der Waals surface area (Å²) in [6.07, 6.45) is 5.01. The summed E-state index contributed by atoms with van der Waals surface area (Å²) in [6.45, 7) is 6.33. The summed E-state index contributed by atoms with van der Waals surface area (Å²) in [6, 6.07) is 5.64. The Morgan fingerprint density at radius 3 is 2.64 bits per heavy atom. The van der Waals surface area contributed by atoms with Crippen molar-refractivity contribution in [1.82, 2.24) is 34.8 Å².